The molecule has 5 aromatic rings. The van der Waals surface area contributed by atoms with E-state index < -0.39 is 22.9 Å². The van der Waals surface area contributed by atoms with Crippen LogP contribution in [-0.2, 0) is 22.6 Å². The molecule has 320 valence electrons. The van der Waals surface area contributed by atoms with E-state index in [1.165, 1.54) is 22.2 Å². The Morgan fingerprint density at radius 2 is 1.69 bits per heavy atom. The number of ether oxygens (including phenoxy) is 2. The lowest BCUT2D eigenvalue weighted by atomic mass is 9.79. The Bertz CT molecular complexity index is 2420. The molecule has 2 aromatic carbocycles. The number of thiazole rings is 1. The van der Waals surface area contributed by atoms with Crippen LogP contribution in [0.2, 0.25) is 0 Å². The Hall–Kier alpha value is -6.13. The summed E-state index contributed by atoms with van der Waals surface area (Å²) in [5, 5.41) is 15.1. The number of aromatic nitrogens is 4. The first-order chi connectivity index (χ1) is 29.1. The van der Waals surface area contributed by atoms with E-state index in [1.54, 1.807) is 56.1 Å². The van der Waals surface area contributed by atoms with Gasteiger partial charge in [-0.3, -0.25) is 23.9 Å². The molecule has 0 aliphatic carbocycles. The van der Waals surface area contributed by atoms with Crippen LogP contribution in [0, 0.1) is 19.8 Å². The van der Waals surface area contributed by atoms with Crippen LogP contribution in [0.15, 0.2) is 84.0 Å². The molecule has 2 atom stereocenters. The molecule has 5 heterocycles. The molecule has 3 amide bonds. The number of aliphatic hydroxyl groups is 1. The molecule has 15 nitrogen and oxygen atoms in total. The minimum Gasteiger partial charge on any atom is -0.444 e. The van der Waals surface area contributed by atoms with E-state index in [9.17, 15) is 24.3 Å². The number of hydrogen-bond donors (Lipinski definition) is 3. The summed E-state index contributed by atoms with van der Waals surface area (Å²) in [6, 6.07) is 20.6. The maximum absolute atomic E-state index is 14.3. The Morgan fingerprint density at radius 1 is 0.967 bits per heavy atom. The van der Waals surface area contributed by atoms with Gasteiger partial charge < -0.3 is 35.4 Å². The maximum atomic E-state index is 14.3. The normalized spacial score (nSPS) is 17.7. The number of aryl methyl sites for hydroxylation is 2. The quantitative estimate of drug-likeness (QED) is 0.148. The summed E-state index contributed by atoms with van der Waals surface area (Å²) in [7, 11) is 0. The monoisotopic (exact) mass is 848 g/mol. The summed E-state index contributed by atoms with van der Waals surface area (Å²) in [4.78, 5) is 71.3. The van der Waals surface area contributed by atoms with Crippen LogP contribution in [0.25, 0.3) is 10.6 Å². The van der Waals surface area contributed by atoms with Crippen LogP contribution < -0.4 is 21.3 Å². The van der Waals surface area contributed by atoms with Crippen molar-refractivity contribution in [1.82, 2.24) is 34.6 Å². The average Bonchev–Trinajstić information content (AvgIpc) is 3.63. The van der Waals surface area contributed by atoms with Gasteiger partial charge in [0, 0.05) is 62.0 Å². The molecule has 61 heavy (non-hydrogen) atoms. The van der Waals surface area contributed by atoms with Gasteiger partial charge in [-0.2, -0.15) is 0 Å². The minimum atomic E-state index is -1.28. The van der Waals surface area contributed by atoms with Crippen molar-refractivity contribution in [2.75, 3.05) is 31.9 Å². The van der Waals surface area contributed by atoms with Crippen LogP contribution in [0.1, 0.15) is 78.1 Å². The minimum absolute atomic E-state index is 0.0111. The molecule has 2 saturated heterocycles. The van der Waals surface area contributed by atoms with Gasteiger partial charge in [0.05, 0.1) is 17.8 Å². The fourth-order valence-corrected chi connectivity index (χ4v) is 8.76. The number of alkyl carbamates (subject to hydrolysis) is 1. The molecule has 2 aliphatic heterocycles. The molecule has 3 aromatic heterocycles. The molecule has 2 aliphatic rings. The van der Waals surface area contributed by atoms with Crippen LogP contribution in [0.4, 0.5) is 10.5 Å². The number of likely N-dealkylation sites (tertiary alicyclic amines) is 2. The molecule has 0 radical (unpaired) electrons. The molecule has 0 bridgehead atoms. The highest BCUT2D eigenvalue weighted by Crippen LogP contribution is 2.37. The first-order valence-corrected chi connectivity index (χ1v) is 21.2. The predicted octanol–water partition coefficient (Wildman–Crippen LogP) is 6.08. The second kappa shape index (κ2) is 17.8. The summed E-state index contributed by atoms with van der Waals surface area (Å²) in [6.07, 6.45) is 3.53. The Kier molecular flexibility index (Phi) is 12.6. The van der Waals surface area contributed by atoms with Gasteiger partial charge in [-0.15, -0.1) is 11.3 Å². The summed E-state index contributed by atoms with van der Waals surface area (Å²) in [5.41, 5.74) is 7.77. The number of hydrogen-bond acceptors (Lipinski definition) is 12. The lowest BCUT2D eigenvalue weighted by Gasteiger charge is -2.43. The zero-order valence-electron chi connectivity index (χ0n) is 35.1. The molecule has 2 fully saturated rings. The smallest absolute Gasteiger partial charge is 0.407 e. The number of nitrogens with one attached hydrogen (secondary N) is 1. The number of nitrogens with zero attached hydrogens (tertiary/aromatic N) is 6. The van der Waals surface area contributed by atoms with Gasteiger partial charge in [0.1, 0.15) is 27.6 Å². The van der Waals surface area contributed by atoms with E-state index in [0.29, 0.717) is 48.9 Å². The molecule has 16 heteroatoms. The SMILES string of the molecule is Cc1ccc(-c2nc(C)c(C(=O)N3CC[C@@H](C(=O)N4CCC(O)(Cn5cnc(Oc6ccc(CNC(=O)OC(C)(C)C)cc6)c(N)c5=O)CC4)[C@H](c4ccccc4)C3)s2)cn1. The lowest BCUT2D eigenvalue weighted by molar-refractivity contribution is -0.142. The number of carbonyl (C=O) groups is 3. The number of piperidine rings is 2. The largest absolute Gasteiger partial charge is 0.444 e. The van der Waals surface area contributed by atoms with Gasteiger partial charge in [0.2, 0.25) is 11.8 Å². The third kappa shape index (κ3) is 10.3. The van der Waals surface area contributed by atoms with Crippen molar-refractivity contribution < 1.29 is 29.0 Å². The van der Waals surface area contributed by atoms with Gasteiger partial charge in [0.15, 0.2) is 5.69 Å². The molecule has 7 rings (SSSR count). The van der Waals surface area contributed by atoms with Crippen molar-refractivity contribution in [2.24, 2.45) is 5.92 Å². The van der Waals surface area contributed by atoms with Gasteiger partial charge in [0.25, 0.3) is 11.5 Å². The first-order valence-electron chi connectivity index (χ1n) is 20.4. The van der Waals surface area contributed by atoms with Crippen LogP contribution >= 0.6 is 11.3 Å². The second-order valence-corrected chi connectivity index (χ2v) is 17.8. The molecule has 4 N–H and O–H groups in total. The van der Waals surface area contributed by atoms with Gasteiger partial charge in [-0.05, 0) is 89.3 Å². The van der Waals surface area contributed by atoms with E-state index >= 15 is 0 Å². The van der Waals surface area contributed by atoms with Crippen LogP contribution in [-0.4, -0.2) is 89.7 Å². The van der Waals surface area contributed by atoms with Crippen molar-refractivity contribution in [2.45, 2.75) is 84.1 Å². The number of rotatable bonds is 10. The highest BCUT2D eigenvalue weighted by Gasteiger charge is 2.42. The van der Waals surface area contributed by atoms with Crippen molar-refractivity contribution in [1.29, 1.82) is 0 Å². The maximum Gasteiger partial charge on any atom is 0.407 e. The Balaban J connectivity index is 0.961. The van der Waals surface area contributed by atoms with Gasteiger partial charge >= 0.3 is 6.09 Å². The highest BCUT2D eigenvalue weighted by atomic mass is 32.1. The Labute approximate surface area is 358 Å². The third-order valence-electron chi connectivity index (χ3n) is 11.1. The highest BCUT2D eigenvalue weighted by molar-refractivity contribution is 7.17. The summed E-state index contributed by atoms with van der Waals surface area (Å²) < 4.78 is 12.4. The van der Waals surface area contributed by atoms with Crippen LogP contribution in [0.5, 0.6) is 11.6 Å². The zero-order chi connectivity index (χ0) is 43.5. The third-order valence-corrected chi connectivity index (χ3v) is 12.3. The Morgan fingerprint density at radius 3 is 2.36 bits per heavy atom. The fraction of sp³-hybridized carbons (Fsp3) is 0.400. The molecular formula is C45H52N8O7S. The number of pyridine rings is 1. The summed E-state index contributed by atoms with van der Waals surface area (Å²) >= 11 is 1.36. The van der Waals surface area contributed by atoms with E-state index in [1.807, 2.05) is 61.2 Å². The van der Waals surface area contributed by atoms with Gasteiger partial charge in [-0.25, -0.2) is 14.8 Å². The summed E-state index contributed by atoms with van der Waals surface area (Å²) in [5.74, 6) is -0.377. The lowest BCUT2D eigenvalue weighted by Crippen LogP contribution is -2.53. The van der Waals surface area contributed by atoms with E-state index in [4.69, 9.17) is 20.2 Å². The number of carbonyl (C=O) groups excluding carboxylic acids is 3. The topological polar surface area (TPSA) is 195 Å². The number of amides is 3. The predicted molar refractivity (Wildman–Crippen MR) is 231 cm³/mol. The number of nitrogen functional groups attached to an aromatic ring is 1. The average molecular weight is 849 g/mol. The summed E-state index contributed by atoms with van der Waals surface area (Å²) in [6.45, 7) is 10.7. The van der Waals surface area contributed by atoms with Gasteiger partial charge in [-0.1, -0.05) is 42.5 Å². The van der Waals surface area contributed by atoms with Crippen molar-refractivity contribution in [3.05, 3.63) is 117 Å². The fourth-order valence-electron chi connectivity index (χ4n) is 7.74. The molecule has 0 spiro atoms. The molecular weight excluding hydrogens is 797 g/mol. The second-order valence-electron chi connectivity index (χ2n) is 16.8. The standard InChI is InChI=1S/C45H52N8O7S/c1-28-11-14-32(24-47-28)39-50-29(2)37(61-39)42(56)52-20-17-34(35(25-52)31-9-7-6-8-10-31)40(54)51-21-18-45(58,19-22-51)26-53-27-49-38(36(46)41(53)55)59-33-15-12-30(13-16-33)23-48-43(57)60-44(3,4)5/h6-16,24,27,34-35,58H,17-23,25-26,46H2,1-5H3,(H,48,57)/t34-,35+/m1/s1. The molecule has 0 saturated carbocycles. The number of nitrogens with two attached hydrogens (primary N) is 1. The van der Waals surface area contributed by atoms with Crippen molar-refractivity contribution in [3.8, 4) is 22.2 Å². The van der Waals surface area contributed by atoms with E-state index in [2.05, 4.69) is 15.3 Å². The number of benzene rings is 2. The molecule has 0 unspecified atom stereocenters. The first kappa shape index (κ1) is 43.0. The number of anilines is 1. The zero-order valence-corrected chi connectivity index (χ0v) is 35.9. The van der Waals surface area contributed by atoms with Crippen LogP contribution in [0.3, 0.4) is 0 Å². The van der Waals surface area contributed by atoms with E-state index in [0.717, 1.165) is 27.4 Å². The van der Waals surface area contributed by atoms with Crippen molar-refractivity contribution >= 4 is 34.9 Å². The van der Waals surface area contributed by atoms with Crippen molar-refractivity contribution in [3.63, 3.8) is 0 Å². The van der Waals surface area contributed by atoms with E-state index in [-0.39, 0.29) is 61.1 Å².